The molecule has 0 fully saturated rings. The van der Waals surface area contributed by atoms with Crippen LogP contribution in [0.15, 0.2) is 42.5 Å². The van der Waals surface area contributed by atoms with Gasteiger partial charge in [0, 0.05) is 12.2 Å². The number of nitrogens with zero attached hydrogens (tertiary/aromatic N) is 2. The molecule has 0 radical (unpaired) electrons. The van der Waals surface area contributed by atoms with Gasteiger partial charge in [-0.15, -0.1) is 0 Å². The van der Waals surface area contributed by atoms with Gasteiger partial charge in [0.1, 0.15) is 12.3 Å². The SMILES string of the molecule is COc1ccc(C)cc1N(CC(=O)N1CCc2ccccc21)S(C)(=O)=O. The number of benzene rings is 2. The average molecular weight is 374 g/mol. The summed E-state index contributed by atoms with van der Waals surface area (Å²) in [7, 11) is -2.18. The van der Waals surface area contributed by atoms with Crippen molar-refractivity contribution in [3.05, 3.63) is 53.6 Å². The van der Waals surface area contributed by atoms with Crippen molar-refractivity contribution >= 4 is 27.3 Å². The first-order chi connectivity index (χ1) is 12.3. The monoisotopic (exact) mass is 374 g/mol. The van der Waals surface area contributed by atoms with Crippen molar-refractivity contribution in [1.82, 2.24) is 0 Å². The van der Waals surface area contributed by atoms with Crippen LogP contribution in [0.2, 0.25) is 0 Å². The van der Waals surface area contributed by atoms with Crippen molar-refractivity contribution in [3.63, 3.8) is 0 Å². The van der Waals surface area contributed by atoms with E-state index in [1.807, 2.05) is 37.3 Å². The van der Waals surface area contributed by atoms with E-state index in [0.717, 1.165) is 33.8 Å². The Morgan fingerprint density at radius 2 is 1.96 bits per heavy atom. The first-order valence-corrected chi connectivity index (χ1v) is 10.2. The molecule has 0 N–H and O–H groups in total. The highest BCUT2D eigenvalue weighted by Gasteiger charge is 2.30. The van der Waals surface area contributed by atoms with Crippen LogP contribution >= 0.6 is 0 Å². The molecule has 2 aromatic carbocycles. The van der Waals surface area contributed by atoms with Crippen molar-refractivity contribution in [3.8, 4) is 5.75 Å². The molecule has 6 nitrogen and oxygen atoms in total. The molecule has 1 aliphatic rings. The second-order valence-electron chi connectivity index (χ2n) is 6.37. The molecular formula is C19H22N2O4S. The Kier molecular flexibility index (Phi) is 4.91. The molecule has 138 valence electrons. The molecule has 0 saturated heterocycles. The Balaban J connectivity index is 1.94. The molecule has 26 heavy (non-hydrogen) atoms. The summed E-state index contributed by atoms with van der Waals surface area (Å²) < 4.78 is 31.2. The summed E-state index contributed by atoms with van der Waals surface area (Å²) in [6, 6.07) is 12.9. The third-order valence-corrected chi connectivity index (χ3v) is 5.60. The Bertz CT molecular complexity index is 940. The number of sulfonamides is 1. The van der Waals surface area contributed by atoms with E-state index in [9.17, 15) is 13.2 Å². The number of fused-ring (bicyclic) bond motifs is 1. The van der Waals surface area contributed by atoms with Gasteiger partial charge in [0.05, 0.1) is 19.1 Å². The van der Waals surface area contributed by atoms with Gasteiger partial charge in [-0.3, -0.25) is 9.10 Å². The third-order valence-electron chi connectivity index (χ3n) is 4.47. The van der Waals surface area contributed by atoms with Crippen LogP contribution in [0.3, 0.4) is 0 Å². The van der Waals surface area contributed by atoms with E-state index in [0.29, 0.717) is 18.0 Å². The zero-order valence-corrected chi connectivity index (χ0v) is 15.9. The third kappa shape index (κ3) is 3.53. The van der Waals surface area contributed by atoms with Gasteiger partial charge in [0.25, 0.3) is 0 Å². The highest BCUT2D eigenvalue weighted by atomic mass is 32.2. The number of hydrogen-bond donors (Lipinski definition) is 0. The molecule has 1 heterocycles. The maximum atomic E-state index is 12.9. The van der Waals surface area contributed by atoms with Gasteiger partial charge in [0.15, 0.2) is 0 Å². The van der Waals surface area contributed by atoms with E-state index in [4.69, 9.17) is 4.74 Å². The van der Waals surface area contributed by atoms with Gasteiger partial charge in [-0.2, -0.15) is 0 Å². The number of ether oxygens (including phenoxy) is 1. The molecule has 7 heteroatoms. The van der Waals surface area contributed by atoms with Crippen LogP contribution < -0.4 is 13.9 Å². The Hall–Kier alpha value is -2.54. The zero-order chi connectivity index (χ0) is 18.9. The van der Waals surface area contributed by atoms with Gasteiger partial charge in [-0.25, -0.2) is 8.42 Å². The standard InChI is InChI=1S/C19H22N2O4S/c1-14-8-9-18(25-2)17(12-14)21(26(3,23)24)13-19(22)20-11-10-15-6-4-5-7-16(15)20/h4-9,12H,10-11,13H2,1-3H3. The van der Waals surface area contributed by atoms with E-state index in [2.05, 4.69) is 0 Å². The molecule has 0 aromatic heterocycles. The number of para-hydroxylation sites is 1. The van der Waals surface area contributed by atoms with Crippen molar-refractivity contribution in [2.24, 2.45) is 0 Å². The second kappa shape index (κ2) is 6.99. The Morgan fingerprint density at radius 3 is 2.65 bits per heavy atom. The number of aryl methyl sites for hydroxylation is 1. The van der Waals surface area contributed by atoms with Gasteiger partial charge in [0.2, 0.25) is 15.9 Å². The predicted molar refractivity (Wildman–Crippen MR) is 102 cm³/mol. The lowest BCUT2D eigenvalue weighted by Crippen LogP contribution is -2.42. The quantitative estimate of drug-likeness (QED) is 0.806. The van der Waals surface area contributed by atoms with Crippen molar-refractivity contribution in [1.29, 1.82) is 0 Å². The summed E-state index contributed by atoms with van der Waals surface area (Å²) in [5.41, 5.74) is 3.20. The first kappa shape index (κ1) is 18.3. The number of rotatable bonds is 5. The fourth-order valence-corrected chi connectivity index (χ4v) is 4.03. The van der Waals surface area contributed by atoms with Crippen LogP contribution in [-0.4, -0.2) is 40.8 Å². The van der Waals surface area contributed by atoms with Gasteiger partial charge in [-0.05, 0) is 42.7 Å². The summed E-state index contributed by atoms with van der Waals surface area (Å²) in [4.78, 5) is 14.6. The number of amides is 1. The van der Waals surface area contributed by atoms with Gasteiger partial charge < -0.3 is 9.64 Å². The molecule has 0 aliphatic carbocycles. The Labute approximate surface area is 154 Å². The minimum absolute atomic E-state index is 0.260. The van der Waals surface area contributed by atoms with Gasteiger partial charge >= 0.3 is 0 Å². The number of hydrogen-bond acceptors (Lipinski definition) is 4. The van der Waals surface area contributed by atoms with Crippen molar-refractivity contribution in [2.45, 2.75) is 13.3 Å². The Morgan fingerprint density at radius 1 is 1.23 bits per heavy atom. The lowest BCUT2D eigenvalue weighted by Gasteiger charge is -2.26. The van der Waals surface area contributed by atoms with Crippen LogP contribution in [0.1, 0.15) is 11.1 Å². The molecular weight excluding hydrogens is 352 g/mol. The topological polar surface area (TPSA) is 66.9 Å². The molecule has 0 saturated carbocycles. The normalized spacial score (nSPS) is 13.4. The minimum Gasteiger partial charge on any atom is -0.495 e. The molecule has 3 rings (SSSR count). The largest absolute Gasteiger partial charge is 0.495 e. The van der Waals surface area contributed by atoms with Gasteiger partial charge in [-0.1, -0.05) is 24.3 Å². The molecule has 0 spiro atoms. The van der Waals surface area contributed by atoms with Crippen molar-refractivity contribution < 1.29 is 17.9 Å². The second-order valence-corrected chi connectivity index (χ2v) is 8.28. The summed E-state index contributed by atoms with van der Waals surface area (Å²) >= 11 is 0. The average Bonchev–Trinajstić information content (AvgIpc) is 3.02. The summed E-state index contributed by atoms with van der Waals surface area (Å²) in [6.45, 7) is 2.15. The summed E-state index contributed by atoms with van der Waals surface area (Å²) in [6.07, 6.45) is 1.87. The number of carbonyl (C=O) groups excluding carboxylic acids is 1. The van der Waals surface area contributed by atoms with E-state index < -0.39 is 10.0 Å². The fraction of sp³-hybridized carbons (Fsp3) is 0.316. The summed E-state index contributed by atoms with van der Waals surface area (Å²) in [5.74, 6) is 0.152. The number of anilines is 2. The number of carbonyl (C=O) groups is 1. The minimum atomic E-state index is -3.66. The summed E-state index contributed by atoms with van der Waals surface area (Å²) in [5, 5.41) is 0. The van der Waals surface area contributed by atoms with Crippen LogP contribution in [0, 0.1) is 6.92 Å². The van der Waals surface area contributed by atoms with E-state index in [1.54, 1.807) is 17.0 Å². The molecule has 1 aliphatic heterocycles. The van der Waals surface area contributed by atoms with Crippen LogP contribution in [0.25, 0.3) is 0 Å². The molecule has 0 unspecified atom stereocenters. The van der Waals surface area contributed by atoms with Crippen LogP contribution in [-0.2, 0) is 21.2 Å². The molecule has 0 atom stereocenters. The fourth-order valence-electron chi connectivity index (χ4n) is 3.18. The molecule has 0 bridgehead atoms. The highest BCUT2D eigenvalue weighted by Crippen LogP contribution is 2.32. The van der Waals surface area contributed by atoms with Crippen LogP contribution in [0.5, 0.6) is 5.75 Å². The smallest absolute Gasteiger partial charge is 0.247 e. The predicted octanol–water partition coefficient (Wildman–Crippen LogP) is 2.36. The molecule has 1 amide bonds. The lowest BCUT2D eigenvalue weighted by molar-refractivity contribution is -0.117. The zero-order valence-electron chi connectivity index (χ0n) is 15.1. The maximum Gasteiger partial charge on any atom is 0.247 e. The maximum absolute atomic E-state index is 12.9. The highest BCUT2D eigenvalue weighted by molar-refractivity contribution is 7.92. The number of methoxy groups -OCH3 is 1. The van der Waals surface area contributed by atoms with Crippen molar-refractivity contribution in [2.75, 3.05) is 35.7 Å². The molecule has 2 aromatic rings. The van der Waals surface area contributed by atoms with E-state index >= 15 is 0 Å². The first-order valence-electron chi connectivity index (χ1n) is 8.32. The van der Waals surface area contributed by atoms with E-state index in [-0.39, 0.29) is 12.5 Å². The lowest BCUT2D eigenvalue weighted by atomic mass is 10.2. The van der Waals surface area contributed by atoms with E-state index in [1.165, 1.54) is 7.11 Å². The van der Waals surface area contributed by atoms with Crippen LogP contribution in [0.4, 0.5) is 11.4 Å².